The SMILES string of the molecule is COc1cccc(CN2C(C)=C(N)SC2c2ccc(C(F)(F)F)cc2)c1. The summed E-state index contributed by atoms with van der Waals surface area (Å²) >= 11 is 1.45. The lowest BCUT2D eigenvalue weighted by Gasteiger charge is -2.28. The molecule has 0 spiro atoms. The van der Waals surface area contributed by atoms with Crippen LogP contribution in [0.2, 0.25) is 0 Å². The van der Waals surface area contributed by atoms with Crippen LogP contribution in [0.5, 0.6) is 5.75 Å². The molecule has 0 bridgehead atoms. The predicted octanol–water partition coefficient (Wildman–Crippen LogP) is 5.11. The fourth-order valence-electron chi connectivity index (χ4n) is 2.84. The third-order valence-corrected chi connectivity index (χ3v) is 5.62. The van der Waals surface area contributed by atoms with Gasteiger partial charge >= 0.3 is 6.18 Å². The summed E-state index contributed by atoms with van der Waals surface area (Å²) in [4.78, 5) is 2.09. The Morgan fingerprint density at radius 2 is 1.85 bits per heavy atom. The number of rotatable bonds is 4. The van der Waals surface area contributed by atoms with Crippen molar-refractivity contribution in [3.8, 4) is 5.75 Å². The molecule has 1 aliphatic rings. The maximum Gasteiger partial charge on any atom is 0.416 e. The molecule has 1 aliphatic heterocycles. The Kier molecular flexibility index (Phi) is 5.09. The summed E-state index contributed by atoms with van der Waals surface area (Å²) in [5.74, 6) is 0.759. The minimum Gasteiger partial charge on any atom is -0.497 e. The van der Waals surface area contributed by atoms with Gasteiger partial charge in [0.15, 0.2) is 0 Å². The quantitative estimate of drug-likeness (QED) is 0.800. The second-order valence-corrected chi connectivity index (χ2v) is 7.14. The minimum absolute atomic E-state index is 0.163. The normalized spacial score (nSPS) is 17.7. The summed E-state index contributed by atoms with van der Waals surface area (Å²) < 4.78 is 43.7. The predicted molar refractivity (Wildman–Crippen MR) is 97.2 cm³/mol. The number of nitrogens with zero attached hydrogens (tertiary/aromatic N) is 1. The molecule has 1 atom stereocenters. The molecular formula is C19H19F3N2OS. The fourth-order valence-corrected chi connectivity index (χ4v) is 4.02. The molecule has 2 N–H and O–H groups in total. The van der Waals surface area contributed by atoms with Crippen LogP contribution in [-0.2, 0) is 12.7 Å². The standard InChI is InChI=1S/C19H19F3N2OS/c1-12-17(23)26-18(14-6-8-15(9-7-14)19(20,21)22)24(12)11-13-4-3-5-16(10-13)25-2/h3-10,18H,11,23H2,1-2H3. The smallest absolute Gasteiger partial charge is 0.416 e. The third-order valence-electron chi connectivity index (χ3n) is 4.32. The molecule has 2 aromatic carbocycles. The van der Waals surface area contributed by atoms with Crippen molar-refractivity contribution in [2.75, 3.05) is 7.11 Å². The van der Waals surface area contributed by atoms with Crippen LogP contribution in [0.4, 0.5) is 13.2 Å². The molecule has 138 valence electrons. The van der Waals surface area contributed by atoms with Gasteiger partial charge in [-0.05, 0) is 42.3 Å². The van der Waals surface area contributed by atoms with Gasteiger partial charge in [0.2, 0.25) is 0 Å². The molecule has 0 saturated carbocycles. The van der Waals surface area contributed by atoms with E-state index in [0.717, 1.165) is 34.7 Å². The van der Waals surface area contributed by atoms with Crippen molar-refractivity contribution in [2.45, 2.75) is 25.0 Å². The fraction of sp³-hybridized carbons (Fsp3) is 0.263. The van der Waals surface area contributed by atoms with E-state index in [1.165, 1.54) is 23.9 Å². The van der Waals surface area contributed by atoms with E-state index < -0.39 is 11.7 Å². The summed E-state index contributed by atoms with van der Waals surface area (Å²) in [6.45, 7) is 2.51. The zero-order valence-electron chi connectivity index (χ0n) is 14.4. The highest BCUT2D eigenvalue weighted by Gasteiger charge is 2.33. The Labute approximate surface area is 154 Å². The first-order valence-electron chi connectivity index (χ1n) is 7.99. The highest BCUT2D eigenvalue weighted by atomic mass is 32.2. The number of methoxy groups -OCH3 is 1. The van der Waals surface area contributed by atoms with Crippen LogP contribution in [0, 0.1) is 0 Å². The second kappa shape index (κ2) is 7.15. The number of alkyl halides is 3. The second-order valence-electron chi connectivity index (χ2n) is 6.02. The van der Waals surface area contributed by atoms with Gasteiger partial charge in [-0.1, -0.05) is 36.0 Å². The molecule has 0 fully saturated rings. The monoisotopic (exact) mass is 380 g/mol. The van der Waals surface area contributed by atoms with Gasteiger partial charge in [-0.2, -0.15) is 13.2 Å². The molecule has 3 nitrogen and oxygen atoms in total. The lowest BCUT2D eigenvalue weighted by molar-refractivity contribution is -0.137. The van der Waals surface area contributed by atoms with Crippen LogP contribution in [0.1, 0.15) is 29.0 Å². The molecule has 0 radical (unpaired) electrons. The molecule has 1 unspecified atom stereocenters. The number of hydrogen-bond acceptors (Lipinski definition) is 4. The average Bonchev–Trinajstić information content (AvgIpc) is 2.90. The van der Waals surface area contributed by atoms with Crippen molar-refractivity contribution in [1.29, 1.82) is 0 Å². The summed E-state index contributed by atoms with van der Waals surface area (Å²) in [6.07, 6.45) is -4.34. The first kappa shape index (κ1) is 18.5. The topological polar surface area (TPSA) is 38.5 Å². The van der Waals surface area contributed by atoms with Crippen LogP contribution < -0.4 is 10.5 Å². The third kappa shape index (κ3) is 3.77. The number of allylic oxidation sites excluding steroid dienone is 1. The van der Waals surface area contributed by atoms with Crippen LogP contribution in [0.15, 0.2) is 59.3 Å². The summed E-state index contributed by atoms with van der Waals surface area (Å²) in [5.41, 5.74) is 8.19. The van der Waals surface area contributed by atoms with Crippen LogP contribution >= 0.6 is 11.8 Å². The maximum atomic E-state index is 12.8. The van der Waals surface area contributed by atoms with Gasteiger partial charge in [-0.25, -0.2) is 0 Å². The highest BCUT2D eigenvalue weighted by molar-refractivity contribution is 8.03. The van der Waals surface area contributed by atoms with E-state index in [0.29, 0.717) is 11.6 Å². The molecule has 0 saturated heterocycles. The average molecular weight is 380 g/mol. The van der Waals surface area contributed by atoms with E-state index in [-0.39, 0.29) is 5.37 Å². The van der Waals surface area contributed by atoms with Crippen LogP contribution in [-0.4, -0.2) is 12.0 Å². The molecule has 7 heteroatoms. The first-order chi connectivity index (χ1) is 12.3. The summed E-state index contributed by atoms with van der Waals surface area (Å²) in [6, 6.07) is 13.0. The van der Waals surface area contributed by atoms with Crippen molar-refractivity contribution in [3.63, 3.8) is 0 Å². The Hall–Kier alpha value is -2.28. The first-order valence-corrected chi connectivity index (χ1v) is 8.87. The lowest BCUT2D eigenvalue weighted by atomic mass is 10.1. The highest BCUT2D eigenvalue weighted by Crippen LogP contribution is 2.46. The number of benzene rings is 2. The van der Waals surface area contributed by atoms with Gasteiger partial charge in [0.25, 0.3) is 0 Å². The largest absolute Gasteiger partial charge is 0.497 e. The Bertz CT molecular complexity index is 818. The van der Waals surface area contributed by atoms with Gasteiger partial charge in [0, 0.05) is 12.2 Å². The summed E-state index contributed by atoms with van der Waals surface area (Å²) in [7, 11) is 1.61. The zero-order valence-corrected chi connectivity index (χ0v) is 15.2. The van der Waals surface area contributed by atoms with E-state index in [1.54, 1.807) is 7.11 Å². The molecule has 0 aliphatic carbocycles. The zero-order chi connectivity index (χ0) is 18.9. The molecule has 26 heavy (non-hydrogen) atoms. The van der Waals surface area contributed by atoms with Gasteiger partial charge in [-0.15, -0.1) is 0 Å². The number of hydrogen-bond donors (Lipinski definition) is 1. The molecule has 0 aromatic heterocycles. The number of ether oxygens (including phenoxy) is 1. The number of thioether (sulfide) groups is 1. The van der Waals surface area contributed by atoms with E-state index >= 15 is 0 Å². The van der Waals surface area contributed by atoms with E-state index in [4.69, 9.17) is 10.5 Å². The van der Waals surface area contributed by atoms with Crippen LogP contribution in [0.25, 0.3) is 0 Å². The lowest BCUT2D eigenvalue weighted by Crippen LogP contribution is -2.21. The van der Waals surface area contributed by atoms with Crippen LogP contribution in [0.3, 0.4) is 0 Å². The van der Waals surface area contributed by atoms with E-state index in [2.05, 4.69) is 4.90 Å². The van der Waals surface area contributed by atoms with E-state index in [1.807, 2.05) is 31.2 Å². The van der Waals surface area contributed by atoms with Crippen molar-refractivity contribution in [3.05, 3.63) is 75.9 Å². The molecule has 1 heterocycles. The molecule has 0 amide bonds. The van der Waals surface area contributed by atoms with Crippen molar-refractivity contribution in [1.82, 2.24) is 4.90 Å². The van der Waals surface area contributed by atoms with Gasteiger partial charge in [-0.3, -0.25) is 0 Å². The van der Waals surface area contributed by atoms with Gasteiger partial charge in [0.05, 0.1) is 17.7 Å². The Balaban J connectivity index is 1.86. The molecule has 3 rings (SSSR count). The minimum atomic E-state index is -4.34. The Morgan fingerprint density at radius 3 is 2.46 bits per heavy atom. The summed E-state index contributed by atoms with van der Waals surface area (Å²) in [5, 5.41) is 0.515. The van der Waals surface area contributed by atoms with Gasteiger partial charge in [0.1, 0.15) is 11.1 Å². The van der Waals surface area contributed by atoms with E-state index in [9.17, 15) is 13.2 Å². The molecule has 2 aromatic rings. The van der Waals surface area contributed by atoms with Crippen molar-refractivity contribution < 1.29 is 17.9 Å². The van der Waals surface area contributed by atoms with Crippen molar-refractivity contribution >= 4 is 11.8 Å². The number of halogens is 3. The Morgan fingerprint density at radius 1 is 1.15 bits per heavy atom. The van der Waals surface area contributed by atoms with Gasteiger partial charge < -0.3 is 15.4 Å². The number of nitrogens with two attached hydrogens (primary N) is 1. The molecular weight excluding hydrogens is 361 g/mol. The maximum absolute atomic E-state index is 12.8. The van der Waals surface area contributed by atoms with Crippen molar-refractivity contribution in [2.24, 2.45) is 5.73 Å².